The normalized spacial score (nSPS) is 24.9. The smallest absolute Gasteiger partial charge is 0.0241 e. The lowest BCUT2D eigenvalue weighted by Crippen LogP contribution is -2.47. The van der Waals surface area contributed by atoms with E-state index in [1.807, 2.05) is 0 Å². The summed E-state index contributed by atoms with van der Waals surface area (Å²) in [5.74, 6) is 0. The zero-order valence-corrected chi connectivity index (χ0v) is 24.2. The fourth-order valence-corrected chi connectivity index (χ4v) is 8.10. The van der Waals surface area contributed by atoms with Crippen LogP contribution in [0.3, 0.4) is 0 Å². The summed E-state index contributed by atoms with van der Waals surface area (Å²) in [6.07, 6.45) is 45.3. The summed E-state index contributed by atoms with van der Waals surface area (Å²) in [7, 11) is 0. The molecule has 2 saturated carbocycles. The van der Waals surface area contributed by atoms with Gasteiger partial charge in [-0.2, -0.15) is 0 Å². The molecule has 0 aromatic rings. The quantitative estimate of drug-likeness (QED) is 0.137. The van der Waals surface area contributed by atoms with E-state index in [4.69, 9.17) is 0 Å². The van der Waals surface area contributed by atoms with Crippen molar-refractivity contribution in [1.29, 1.82) is 0 Å². The summed E-state index contributed by atoms with van der Waals surface area (Å²) >= 11 is 0. The number of fused-ring (bicyclic) bond motifs is 1. The lowest BCUT2D eigenvalue weighted by atomic mass is 9.47. The topological polar surface area (TPSA) is 0 Å². The molecule has 0 aromatic heterocycles. The van der Waals surface area contributed by atoms with Crippen LogP contribution in [-0.4, -0.2) is 0 Å². The van der Waals surface area contributed by atoms with Gasteiger partial charge in [0.25, 0.3) is 0 Å². The van der Waals surface area contributed by atoms with Gasteiger partial charge in [-0.05, 0) is 49.4 Å². The summed E-state index contributed by atoms with van der Waals surface area (Å²) in [5, 5.41) is 0. The molecular weight excluding hydrogens is 408 g/mol. The van der Waals surface area contributed by atoms with Crippen molar-refractivity contribution < 1.29 is 0 Å². The van der Waals surface area contributed by atoms with Gasteiger partial charge in [-0.15, -0.1) is 0 Å². The van der Waals surface area contributed by atoms with E-state index in [1.54, 1.807) is 38.5 Å². The first-order valence-electron chi connectivity index (χ1n) is 16.8. The standard InChI is InChI=1S/C34H66/c1-3-5-7-9-11-13-15-17-19-21-27-33-29-23-25-31-34(33,32-26-24-30-33)28-22-20-18-16-14-12-10-8-6-4-2/h3-32H2,1-2H3. The molecule has 2 fully saturated rings. The molecule has 0 nitrogen and oxygen atoms in total. The third-order valence-corrected chi connectivity index (χ3v) is 10.3. The zero-order valence-electron chi connectivity index (χ0n) is 24.2. The Hall–Kier alpha value is 0. The van der Waals surface area contributed by atoms with Crippen molar-refractivity contribution in [2.24, 2.45) is 10.8 Å². The van der Waals surface area contributed by atoms with Crippen LogP contribution in [0.4, 0.5) is 0 Å². The first-order chi connectivity index (χ1) is 16.8. The van der Waals surface area contributed by atoms with Crippen molar-refractivity contribution in [3.63, 3.8) is 0 Å². The Morgan fingerprint density at radius 3 is 0.824 bits per heavy atom. The molecule has 0 spiro atoms. The van der Waals surface area contributed by atoms with Crippen LogP contribution < -0.4 is 0 Å². The summed E-state index contributed by atoms with van der Waals surface area (Å²) in [5.41, 5.74) is 1.51. The SMILES string of the molecule is CCCCCCCCCCCCC12CCCCC1(CCCCCCCCCCCC)CCCC2. The van der Waals surface area contributed by atoms with Crippen molar-refractivity contribution in [2.45, 2.75) is 206 Å². The van der Waals surface area contributed by atoms with Gasteiger partial charge in [-0.25, -0.2) is 0 Å². The third-order valence-electron chi connectivity index (χ3n) is 10.3. The molecular formula is C34H66. The van der Waals surface area contributed by atoms with Crippen LogP contribution in [0.2, 0.25) is 0 Å². The zero-order chi connectivity index (χ0) is 24.2. The largest absolute Gasteiger partial charge is 0.0654 e. The van der Waals surface area contributed by atoms with Gasteiger partial charge in [0.1, 0.15) is 0 Å². The van der Waals surface area contributed by atoms with E-state index >= 15 is 0 Å². The summed E-state index contributed by atoms with van der Waals surface area (Å²) in [6, 6.07) is 0. The van der Waals surface area contributed by atoms with Crippen molar-refractivity contribution >= 4 is 0 Å². The minimum absolute atomic E-state index is 0.753. The lowest BCUT2D eigenvalue weighted by Gasteiger charge is -2.58. The Kier molecular flexibility index (Phi) is 17.0. The number of hydrogen-bond acceptors (Lipinski definition) is 0. The second-order valence-corrected chi connectivity index (χ2v) is 12.8. The van der Waals surface area contributed by atoms with Crippen LogP contribution in [0.5, 0.6) is 0 Å². The summed E-state index contributed by atoms with van der Waals surface area (Å²) < 4.78 is 0. The van der Waals surface area contributed by atoms with E-state index in [9.17, 15) is 0 Å². The lowest BCUT2D eigenvalue weighted by molar-refractivity contribution is -0.0716. The highest BCUT2D eigenvalue weighted by atomic mass is 14.6. The fourth-order valence-electron chi connectivity index (χ4n) is 8.10. The van der Waals surface area contributed by atoms with E-state index in [1.165, 1.54) is 154 Å². The predicted molar refractivity (Wildman–Crippen MR) is 155 cm³/mol. The van der Waals surface area contributed by atoms with E-state index in [2.05, 4.69) is 13.8 Å². The first kappa shape index (κ1) is 30.2. The molecule has 0 unspecified atom stereocenters. The molecule has 0 amide bonds. The van der Waals surface area contributed by atoms with Gasteiger partial charge >= 0.3 is 0 Å². The Bertz CT molecular complexity index is 395. The molecule has 0 aliphatic heterocycles. The third kappa shape index (κ3) is 10.9. The predicted octanol–water partition coefficient (Wildman–Crippen LogP) is 12.7. The highest BCUT2D eigenvalue weighted by Gasteiger charge is 2.52. The molecule has 0 bridgehead atoms. The highest BCUT2D eigenvalue weighted by Crippen LogP contribution is 2.63. The van der Waals surface area contributed by atoms with Crippen molar-refractivity contribution in [1.82, 2.24) is 0 Å². The number of rotatable bonds is 22. The fraction of sp³-hybridized carbons (Fsp3) is 1.00. The van der Waals surface area contributed by atoms with Gasteiger partial charge in [0.15, 0.2) is 0 Å². The Morgan fingerprint density at radius 2 is 0.559 bits per heavy atom. The van der Waals surface area contributed by atoms with Gasteiger partial charge in [0, 0.05) is 0 Å². The van der Waals surface area contributed by atoms with Crippen LogP contribution in [0.1, 0.15) is 206 Å². The molecule has 0 N–H and O–H groups in total. The molecule has 2 rings (SSSR count). The summed E-state index contributed by atoms with van der Waals surface area (Å²) in [6.45, 7) is 4.65. The van der Waals surface area contributed by atoms with Crippen LogP contribution in [0.15, 0.2) is 0 Å². The molecule has 0 heteroatoms. The molecule has 0 aromatic carbocycles. The van der Waals surface area contributed by atoms with Gasteiger partial charge in [0.05, 0.1) is 0 Å². The Labute approximate surface area is 217 Å². The monoisotopic (exact) mass is 475 g/mol. The van der Waals surface area contributed by atoms with Crippen LogP contribution in [0.25, 0.3) is 0 Å². The van der Waals surface area contributed by atoms with Crippen LogP contribution in [0, 0.1) is 10.8 Å². The van der Waals surface area contributed by atoms with Crippen LogP contribution >= 0.6 is 0 Å². The van der Waals surface area contributed by atoms with Gasteiger partial charge in [0.2, 0.25) is 0 Å². The molecule has 0 atom stereocenters. The molecule has 0 heterocycles. The molecule has 0 radical (unpaired) electrons. The minimum Gasteiger partial charge on any atom is -0.0654 e. The van der Waals surface area contributed by atoms with E-state index in [0.717, 1.165) is 10.8 Å². The highest BCUT2D eigenvalue weighted by molar-refractivity contribution is 5.02. The van der Waals surface area contributed by atoms with Gasteiger partial charge < -0.3 is 0 Å². The van der Waals surface area contributed by atoms with Crippen LogP contribution in [-0.2, 0) is 0 Å². The number of hydrogen-bond donors (Lipinski definition) is 0. The van der Waals surface area contributed by atoms with Crippen molar-refractivity contribution in [3.8, 4) is 0 Å². The van der Waals surface area contributed by atoms with Gasteiger partial charge in [-0.3, -0.25) is 0 Å². The second-order valence-electron chi connectivity index (χ2n) is 12.8. The maximum Gasteiger partial charge on any atom is -0.0241 e. The van der Waals surface area contributed by atoms with E-state index < -0.39 is 0 Å². The number of unbranched alkanes of at least 4 members (excludes halogenated alkanes) is 18. The molecule has 34 heavy (non-hydrogen) atoms. The molecule has 2 aliphatic rings. The maximum atomic E-state index is 2.32. The maximum absolute atomic E-state index is 2.32. The molecule has 2 aliphatic carbocycles. The van der Waals surface area contributed by atoms with E-state index in [0.29, 0.717) is 0 Å². The first-order valence-corrected chi connectivity index (χ1v) is 16.8. The van der Waals surface area contributed by atoms with Crippen molar-refractivity contribution in [2.75, 3.05) is 0 Å². The minimum atomic E-state index is 0.753. The average molecular weight is 475 g/mol. The Morgan fingerprint density at radius 1 is 0.324 bits per heavy atom. The van der Waals surface area contributed by atoms with Gasteiger partial charge in [-0.1, -0.05) is 168 Å². The molecule has 202 valence electrons. The van der Waals surface area contributed by atoms with E-state index in [-0.39, 0.29) is 0 Å². The average Bonchev–Trinajstić information content (AvgIpc) is 2.86. The second kappa shape index (κ2) is 19.2. The summed E-state index contributed by atoms with van der Waals surface area (Å²) in [4.78, 5) is 0. The van der Waals surface area contributed by atoms with Crippen molar-refractivity contribution in [3.05, 3.63) is 0 Å². The Balaban J connectivity index is 1.64. The molecule has 0 saturated heterocycles.